The van der Waals surface area contributed by atoms with Gasteiger partial charge in [-0.2, -0.15) is 5.10 Å². The maximum Gasteiger partial charge on any atom is 0.148 e. The minimum Gasteiger partial charge on any atom is -0.394 e. The van der Waals surface area contributed by atoms with Crippen LogP contribution in [0.1, 0.15) is 20.8 Å². The Bertz CT molecular complexity index is 371. The average molecular weight is 210 g/mol. The van der Waals surface area contributed by atoms with Gasteiger partial charge in [0.05, 0.1) is 30.6 Å². The molecule has 0 fully saturated rings. The molecule has 0 amide bonds. The normalized spacial score (nSPS) is 29.1. The van der Waals surface area contributed by atoms with E-state index in [1.807, 2.05) is 25.5 Å². The second-order valence-corrected chi connectivity index (χ2v) is 4.97. The average Bonchev–Trinajstić information content (AvgIpc) is 2.43. The maximum atomic E-state index is 10.1. The van der Waals surface area contributed by atoms with Crippen LogP contribution in [0.2, 0.25) is 0 Å². The number of aliphatic hydroxyl groups is 1. The predicted molar refractivity (Wildman–Crippen MR) is 59.5 cm³/mol. The number of nitrogen functional groups attached to an aromatic ring is 1. The Hall–Kier alpha value is -1.23. The van der Waals surface area contributed by atoms with E-state index < -0.39 is 6.10 Å². The quantitative estimate of drug-likeness (QED) is 0.588. The number of nitrogens with two attached hydrogens (primary N) is 1. The van der Waals surface area contributed by atoms with Crippen LogP contribution in [0.3, 0.4) is 0 Å². The third-order valence-electron chi connectivity index (χ3n) is 3.06. The molecule has 0 spiro atoms. The minimum absolute atomic E-state index is 0.0275. The van der Waals surface area contributed by atoms with Crippen molar-refractivity contribution in [1.82, 2.24) is 9.78 Å². The molecule has 2 unspecified atom stereocenters. The van der Waals surface area contributed by atoms with Crippen molar-refractivity contribution in [2.24, 2.45) is 5.41 Å². The van der Waals surface area contributed by atoms with Gasteiger partial charge in [0.25, 0.3) is 0 Å². The zero-order valence-electron chi connectivity index (χ0n) is 9.36. The molecule has 5 heteroatoms. The van der Waals surface area contributed by atoms with Crippen LogP contribution in [0.15, 0.2) is 6.20 Å². The second-order valence-electron chi connectivity index (χ2n) is 4.97. The molecular formula is C10H18N4O. The fourth-order valence-electron chi connectivity index (χ4n) is 2.13. The second kappa shape index (κ2) is 3.13. The summed E-state index contributed by atoms with van der Waals surface area (Å²) in [6.07, 6.45) is 1.22. The van der Waals surface area contributed by atoms with Crippen LogP contribution < -0.4 is 11.1 Å². The molecule has 0 aliphatic carbocycles. The molecule has 84 valence electrons. The van der Waals surface area contributed by atoms with Crippen molar-refractivity contribution >= 4 is 11.5 Å². The first-order valence-electron chi connectivity index (χ1n) is 5.18. The SMILES string of the molecule is CC1Nc2c(N)cnn2CC(C)(C)C1O. The first-order chi connectivity index (χ1) is 6.92. The first-order valence-corrected chi connectivity index (χ1v) is 5.18. The Morgan fingerprint density at radius 3 is 3.00 bits per heavy atom. The summed E-state index contributed by atoms with van der Waals surface area (Å²) in [5, 5.41) is 17.5. The molecule has 5 nitrogen and oxygen atoms in total. The molecule has 2 rings (SSSR count). The van der Waals surface area contributed by atoms with Gasteiger partial charge in [0, 0.05) is 5.41 Å². The Kier molecular flexibility index (Phi) is 2.15. The molecule has 1 aromatic rings. The largest absolute Gasteiger partial charge is 0.394 e. The monoisotopic (exact) mass is 210 g/mol. The topological polar surface area (TPSA) is 76.1 Å². The zero-order valence-corrected chi connectivity index (χ0v) is 9.36. The van der Waals surface area contributed by atoms with E-state index in [1.165, 1.54) is 0 Å². The number of fused-ring (bicyclic) bond motifs is 1. The molecule has 0 radical (unpaired) electrons. The Morgan fingerprint density at radius 2 is 2.33 bits per heavy atom. The molecule has 1 aromatic heterocycles. The van der Waals surface area contributed by atoms with Crippen molar-refractivity contribution in [3.05, 3.63) is 6.20 Å². The summed E-state index contributed by atoms with van der Waals surface area (Å²) in [7, 11) is 0. The molecule has 15 heavy (non-hydrogen) atoms. The summed E-state index contributed by atoms with van der Waals surface area (Å²) in [6, 6.07) is -0.0275. The van der Waals surface area contributed by atoms with Gasteiger partial charge in [-0.3, -0.25) is 0 Å². The van der Waals surface area contributed by atoms with Gasteiger partial charge in [0.15, 0.2) is 0 Å². The van der Waals surface area contributed by atoms with Gasteiger partial charge >= 0.3 is 0 Å². The van der Waals surface area contributed by atoms with Crippen molar-refractivity contribution in [2.75, 3.05) is 11.1 Å². The van der Waals surface area contributed by atoms with Crippen molar-refractivity contribution in [1.29, 1.82) is 0 Å². The zero-order chi connectivity index (χ0) is 11.2. The molecule has 0 saturated carbocycles. The molecule has 0 saturated heterocycles. The Morgan fingerprint density at radius 1 is 1.67 bits per heavy atom. The summed E-state index contributed by atoms with van der Waals surface area (Å²) >= 11 is 0. The van der Waals surface area contributed by atoms with E-state index in [9.17, 15) is 5.11 Å². The van der Waals surface area contributed by atoms with Crippen LogP contribution in [0.4, 0.5) is 11.5 Å². The fraction of sp³-hybridized carbons (Fsp3) is 0.700. The molecule has 1 aliphatic heterocycles. The number of aromatic nitrogens is 2. The molecule has 0 aromatic carbocycles. The van der Waals surface area contributed by atoms with Crippen molar-refractivity contribution in [3.8, 4) is 0 Å². The number of nitrogens with zero attached hydrogens (tertiary/aromatic N) is 2. The van der Waals surface area contributed by atoms with Gasteiger partial charge in [0.2, 0.25) is 0 Å². The third-order valence-corrected chi connectivity index (χ3v) is 3.06. The van der Waals surface area contributed by atoms with Gasteiger partial charge in [-0.05, 0) is 6.92 Å². The van der Waals surface area contributed by atoms with E-state index in [1.54, 1.807) is 6.20 Å². The molecule has 2 atom stereocenters. The lowest BCUT2D eigenvalue weighted by molar-refractivity contribution is 0.0303. The molecule has 0 bridgehead atoms. The smallest absolute Gasteiger partial charge is 0.148 e. The highest BCUT2D eigenvalue weighted by Crippen LogP contribution is 2.33. The summed E-state index contributed by atoms with van der Waals surface area (Å²) < 4.78 is 1.82. The summed E-state index contributed by atoms with van der Waals surface area (Å²) in [5.74, 6) is 0.812. The van der Waals surface area contributed by atoms with Gasteiger partial charge in [-0.1, -0.05) is 13.8 Å². The molecular weight excluding hydrogens is 192 g/mol. The van der Waals surface area contributed by atoms with Gasteiger partial charge < -0.3 is 16.2 Å². The maximum absolute atomic E-state index is 10.1. The fourth-order valence-corrected chi connectivity index (χ4v) is 2.13. The van der Waals surface area contributed by atoms with E-state index >= 15 is 0 Å². The first kappa shape index (κ1) is 10.3. The highest BCUT2D eigenvalue weighted by molar-refractivity contribution is 5.61. The van der Waals surface area contributed by atoms with Crippen molar-refractivity contribution in [3.63, 3.8) is 0 Å². The lowest BCUT2D eigenvalue weighted by Gasteiger charge is -2.31. The summed E-state index contributed by atoms with van der Waals surface area (Å²) in [4.78, 5) is 0. The summed E-state index contributed by atoms with van der Waals surface area (Å²) in [6.45, 7) is 6.68. The molecule has 1 aliphatic rings. The lowest BCUT2D eigenvalue weighted by Crippen LogP contribution is -2.41. The van der Waals surface area contributed by atoms with E-state index in [2.05, 4.69) is 10.4 Å². The van der Waals surface area contributed by atoms with Crippen LogP contribution in [0.25, 0.3) is 0 Å². The highest BCUT2D eigenvalue weighted by Gasteiger charge is 2.36. The van der Waals surface area contributed by atoms with Gasteiger partial charge in [0.1, 0.15) is 5.82 Å². The van der Waals surface area contributed by atoms with Crippen LogP contribution in [-0.2, 0) is 6.54 Å². The van der Waals surface area contributed by atoms with E-state index in [0.717, 1.165) is 5.82 Å². The van der Waals surface area contributed by atoms with E-state index in [0.29, 0.717) is 12.2 Å². The van der Waals surface area contributed by atoms with Crippen LogP contribution in [0.5, 0.6) is 0 Å². The lowest BCUT2D eigenvalue weighted by atomic mass is 9.83. The van der Waals surface area contributed by atoms with Crippen molar-refractivity contribution in [2.45, 2.75) is 39.5 Å². The van der Waals surface area contributed by atoms with E-state index in [4.69, 9.17) is 5.73 Å². The van der Waals surface area contributed by atoms with Crippen LogP contribution in [0, 0.1) is 5.41 Å². The standard InChI is InChI=1S/C10H18N4O/c1-6-8(15)10(2,3)5-14-9(13-6)7(11)4-12-14/h4,6,8,13,15H,5,11H2,1-3H3. The summed E-state index contributed by atoms with van der Waals surface area (Å²) in [5.41, 5.74) is 6.22. The molecule has 2 heterocycles. The van der Waals surface area contributed by atoms with E-state index in [-0.39, 0.29) is 11.5 Å². The highest BCUT2D eigenvalue weighted by atomic mass is 16.3. The van der Waals surface area contributed by atoms with Gasteiger partial charge in [-0.25, -0.2) is 4.68 Å². The van der Waals surface area contributed by atoms with Crippen LogP contribution in [-0.4, -0.2) is 27.0 Å². The third kappa shape index (κ3) is 1.56. The number of anilines is 2. The number of rotatable bonds is 0. The van der Waals surface area contributed by atoms with Gasteiger partial charge in [-0.15, -0.1) is 0 Å². The Balaban J connectivity index is 2.43. The van der Waals surface area contributed by atoms with Crippen molar-refractivity contribution < 1.29 is 5.11 Å². The number of hydrogen-bond acceptors (Lipinski definition) is 4. The number of hydrogen-bond donors (Lipinski definition) is 3. The minimum atomic E-state index is -0.418. The number of aliphatic hydroxyl groups excluding tert-OH is 1. The Labute approximate surface area is 89.3 Å². The number of nitrogens with one attached hydrogen (secondary N) is 1. The van der Waals surface area contributed by atoms with Crippen LogP contribution >= 0.6 is 0 Å². The predicted octanol–water partition coefficient (Wildman–Crippen LogP) is 0.666. The molecule has 4 N–H and O–H groups in total.